The Kier molecular flexibility index (Phi) is 7.75. The number of hydrogen-bond acceptors (Lipinski definition) is 4. The molecular formula is C20H23F4N3O4. The lowest BCUT2D eigenvalue weighted by Crippen LogP contribution is -2.51. The number of rotatable bonds is 4. The first-order valence-corrected chi connectivity index (χ1v) is 9.62. The monoisotopic (exact) mass is 445 g/mol. The molecule has 3 rings (SSSR count). The molecule has 2 N–H and O–H groups in total. The third-order valence-corrected chi connectivity index (χ3v) is 5.50. The topological polar surface area (TPSA) is 99.6 Å². The summed E-state index contributed by atoms with van der Waals surface area (Å²) in [5.74, 6) is -3.58. The van der Waals surface area contributed by atoms with E-state index in [1.807, 2.05) is 4.90 Å². The SMILES string of the molecule is C=CCN1C(=O)CCC12CCC(NC(=O)c1ccncc1F)CC2.O=C(O)C(F)(F)F. The first-order valence-electron chi connectivity index (χ1n) is 9.62. The molecule has 1 aliphatic heterocycles. The van der Waals surface area contributed by atoms with Crippen LogP contribution in [0.15, 0.2) is 31.1 Å². The largest absolute Gasteiger partial charge is 0.490 e. The fraction of sp³-hybridized carbons (Fsp3) is 0.500. The highest BCUT2D eigenvalue weighted by molar-refractivity contribution is 5.94. The predicted octanol–water partition coefficient (Wildman–Crippen LogP) is 3.07. The third kappa shape index (κ3) is 6.02. The van der Waals surface area contributed by atoms with Crippen LogP contribution in [-0.4, -0.2) is 57.1 Å². The fourth-order valence-corrected chi connectivity index (χ4v) is 3.94. The van der Waals surface area contributed by atoms with Crippen molar-refractivity contribution in [2.24, 2.45) is 0 Å². The summed E-state index contributed by atoms with van der Waals surface area (Å²) in [6, 6.07) is 1.40. The number of carboxylic acid groups (broad SMARTS) is 1. The molecule has 0 aromatic carbocycles. The average Bonchev–Trinajstić information content (AvgIpc) is 3.00. The Bertz CT molecular complexity index is 836. The van der Waals surface area contributed by atoms with Crippen molar-refractivity contribution in [3.05, 3.63) is 42.5 Å². The van der Waals surface area contributed by atoms with E-state index in [0.29, 0.717) is 13.0 Å². The van der Waals surface area contributed by atoms with Gasteiger partial charge in [-0.2, -0.15) is 13.2 Å². The molecule has 2 heterocycles. The van der Waals surface area contributed by atoms with Gasteiger partial charge in [-0.1, -0.05) is 6.08 Å². The zero-order chi connectivity index (χ0) is 23.2. The summed E-state index contributed by atoms with van der Waals surface area (Å²) in [5.41, 5.74) is -0.0661. The summed E-state index contributed by atoms with van der Waals surface area (Å²) in [6.07, 6.45) is 3.90. The van der Waals surface area contributed by atoms with Crippen molar-refractivity contribution >= 4 is 17.8 Å². The Hall–Kier alpha value is -2.98. The van der Waals surface area contributed by atoms with E-state index in [2.05, 4.69) is 16.9 Å². The highest BCUT2D eigenvalue weighted by Gasteiger charge is 2.46. The van der Waals surface area contributed by atoms with Gasteiger partial charge in [-0.25, -0.2) is 9.18 Å². The number of nitrogens with one attached hydrogen (secondary N) is 1. The van der Waals surface area contributed by atoms with Crippen molar-refractivity contribution in [3.8, 4) is 0 Å². The molecule has 0 bridgehead atoms. The number of halogens is 4. The van der Waals surface area contributed by atoms with Gasteiger partial charge in [0, 0.05) is 30.7 Å². The molecule has 2 aliphatic rings. The van der Waals surface area contributed by atoms with Crippen LogP contribution in [0.25, 0.3) is 0 Å². The Morgan fingerprint density at radius 1 is 1.32 bits per heavy atom. The summed E-state index contributed by atoms with van der Waals surface area (Å²) in [4.78, 5) is 38.8. The lowest BCUT2D eigenvalue weighted by Gasteiger charge is -2.43. The minimum atomic E-state index is -5.08. The van der Waals surface area contributed by atoms with Crippen LogP contribution >= 0.6 is 0 Å². The van der Waals surface area contributed by atoms with Gasteiger partial charge in [-0.3, -0.25) is 14.6 Å². The summed E-state index contributed by atoms with van der Waals surface area (Å²) >= 11 is 0. The van der Waals surface area contributed by atoms with Crippen LogP contribution < -0.4 is 5.32 Å². The van der Waals surface area contributed by atoms with Gasteiger partial charge in [-0.05, 0) is 38.2 Å². The standard InChI is InChI=1S/C18H22FN3O2.C2HF3O2/c1-2-11-22-16(23)5-9-18(22)7-3-13(4-8-18)21-17(24)14-6-10-20-12-15(14)19;3-2(4,5)1(6)7/h2,6,10,12-13H,1,3-5,7-9,11H2,(H,21,24);(H,6,7). The van der Waals surface area contributed by atoms with Crippen molar-refractivity contribution < 1.29 is 37.1 Å². The molecule has 1 aliphatic carbocycles. The van der Waals surface area contributed by atoms with Gasteiger partial charge in [0.25, 0.3) is 5.91 Å². The Balaban J connectivity index is 0.000000423. The molecule has 170 valence electrons. The smallest absolute Gasteiger partial charge is 0.475 e. The Morgan fingerprint density at radius 2 is 1.94 bits per heavy atom. The average molecular weight is 445 g/mol. The van der Waals surface area contributed by atoms with Crippen molar-refractivity contribution in [3.63, 3.8) is 0 Å². The number of aromatic nitrogens is 1. The summed E-state index contributed by atoms with van der Waals surface area (Å²) in [6.45, 7) is 4.32. The highest BCUT2D eigenvalue weighted by atomic mass is 19.4. The van der Waals surface area contributed by atoms with E-state index in [0.717, 1.165) is 38.3 Å². The first kappa shape index (κ1) is 24.3. The second-order valence-corrected chi connectivity index (χ2v) is 7.42. The molecule has 11 heteroatoms. The molecule has 1 aromatic rings. The van der Waals surface area contributed by atoms with Crippen molar-refractivity contribution in [1.82, 2.24) is 15.2 Å². The van der Waals surface area contributed by atoms with Crippen LogP contribution in [0.5, 0.6) is 0 Å². The number of carboxylic acids is 1. The minimum absolute atomic E-state index is 0.0111. The van der Waals surface area contributed by atoms with Crippen LogP contribution in [0, 0.1) is 5.82 Å². The number of nitrogens with zero attached hydrogens (tertiary/aromatic N) is 2. The summed E-state index contributed by atoms with van der Waals surface area (Å²) in [7, 11) is 0. The predicted molar refractivity (Wildman–Crippen MR) is 101 cm³/mol. The molecular weight excluding hydrogens is 422 g/mol. The van der Waals surface area contributed by atoms with Crippen molar-refractivity contribution in [2.75, 3.05) is 6.54 Å². The molecule has 2 amide bonds. The second-order valence-electron chi connectivity index (χ2n) is 7.42. The number of pyridine rings is 1. The molecule has 31 heavy (non-hydrogen) atoms. The van der Waals surface area contributed by atoms with E-state index < -0.39 is 23.9 Å². The number of likely N-dealkylation sites (tertiary alicyclic amines) is 1. The minimum Gasteiger partial charge on any atom is -0.475 e. The van der Waals surface area contributed by atoms with E-state index in [4.69, 9.17) is 9.90 Å². The quantitative estimate of drug-likeness (QED) is 0.548. The van der Waals surface area contributed by atoms with Crippen LogP contribution in [0.1, 0.15) is 48.9 Å². The molecule has 0 atom stereocenters. The van der Waals surface area contributed by atoms with Crippen molar-refractivity contribution in [2.45, 2.75) is 56.3 Å². The normalized spacial score (nSPS) is 23.2. The van der Waals surface area contributed by atoms with Gasteiger partial charge in [0.1, 0.15) is 0 Å². The van der Waals surface area contributed by atoms with E-state index >= 15 is 0 Å². The number of carbonyl (C=O) groups is 3. The maximum Gasteiger partial charge on any atom is 0.490 e. The van der Waals surface area contributed by atoms with Gasteiger partial charge in [0.2, 0.25) is 5.91 Å². The summed E-state index contributed by atoms with van der Waals surface area (Å²) in [5, 5.41) is 10.0. The number of aliphatic carboxylic acids is 1. The van der Waals surface area contributed by atoms with Crippen molar-refractivity contribution in [1.29, 1.82) is 0 Å². The van der Waals surface area contributed by atoms with Gasteiger partial charge in [0.05, 0.1) is 11.8 Å². The van der Waals surface area contributed by atoms with Gasteiger partial charge in [-0.15, -0.1) is 6.58 Å². The lowest BCUT2D eigenvalue weighted by molar-refractivity contribution is -0.192. The third-order valence-electron chi connectivity index (χ3n) is 5.50. The number of hydrogen-bond donors (Lipinski definition) is 2. The summed E-state index contributed by atoms with van der Waals surface area (Å²) < 4.78 is 45.4. The highest BCUT2D eigenvalue weighted by Crippen LogP contribution is 2.42. The van der Waals surface area contributed by atoms with E-state index in [1.54, 1.807) is 6.08 Å². The molecule has 7 nitrogen and oxygen atoms in total. The van der Waals surface area contributed by atoms with E-state index in [1.165, 1.54) is 12.3 Å². The molecule has 0 unspecified atom stereocenters. The second kappa shape index (κ2) is 9.88. The van der Waals surface area contributed by atoms with E-state index in [-0.39, 0.29) is 23.1 Å². The lowest BCUT2D eigenvalue weighted by atomic mass is 9.77. The molecule has 0 radical (unpaired) electrons. The van der Waals surface area contributed by atoms with Gasteiger partial charge < -0.3 is 15.3 Å². The molecule has 2 fully saturated rings. The first-order chi connectivity index (χ1) is 14.5. The maximum absolute atomic E-state index is 13.6. The van der Waals surface area contributed by atoms with Crippen LogP contribution in [0.4, 0.5) is 17.6 Å². The number of carbonyl (C=O) groups excluding carboxylic acids is 2. The molecule has 1 aromatic heterocycles. The van der Waals surface area contributed by atoms with Crippen LogP contribution in [0.2, 0.25) is 0 Å². The zero-order valence-electron chi connectivity index (χ0n) is 16.6. The van der Waals surface area contributed by atoms with E-state index in [9.17, 15) is 27.2 Å². The Morgan fingerprint density at radius 3 is 2.45 bits per heavy atom. The number of alkyl halides is 3. The molecule has 1 saturated heterocycles. The zero-order valence-corrected chi connectivity index (χ0v) is 16.6. The Labute approximate surface area is 176 Å². The number of amides is 2. The van der Waals surface area contributed by atoms with Crippen LogP contribution in [-0.2, 0) is 9.59 Å². The van der Waals surface area contributed by atoms with Gasteiger partial charge in [0.15, 0.2) is 5.82 Å². The fourth-order valence-electron chi connectivity index (χ4n) is 3.94. The molecule has 1 spiro atoms. The van der Waals surface area contributed by atoms with Gasteiger partial charge >= 0.3 is 12.1 Å². The van der Waals surface area contributed by atoms with Crippen LogP contribution in [0.3, 0.4) is 0 Å². The maximum atomic E-state index is 13.6. The molecule has 1 saturated carbocycles.